The van der Waals surface area contributed by atoms with Gasteiger partial charge in [0.1, 0.15) is 42.0 Å². The Labute approximate surface area is 353 Å². The number of fused-ring (bicyclic) bond motifs is 5. The zero-order valence-corrected chi connectivity index (χ0v) is 35.0. The van der Waals surface area contributed by atoms with Crippen LogP contribution >= 0.6 is 0 Å². The van der Waals surface area contributed by atoms with Crippen molar-refractivity contribution >= 4 is 47.8 Å². The summed E-state index contributed by atoms with van der Waals surface area (Å²) in [6.07, 6.45) is -11.1. The predicted octanol–water partition coefficient (Wildman–Crippen LogP) is 0.864. The number of aromatic nitrogens is 1. The van der Waals surface area contributed by atoms with E-state index in [0.29, 0.717) is 0 Å². The van der Waals surface area contributed by atoms with Crippen LogP contribution in [0.25, 0.3) is 0 Å². The van der Waals surface area contributed by atoms with Crippen molar-refractivity contribution in [2.24, 2.45) is 11.3 Å². The molecule has 1 saturated heterocycles. The molecule has 21 nitrogen and oxygen atoms in total. The zero-order chi connectivity index (χ0) is 45.7. The summed E-state index contributed by atoms with van der Waals surface area (Å²) in [6, 6.07) is 5.32. The first kappa shape index (κ1) is 45.6. The number of rotatable bonds is 8. The number of nitrogens with zero attached hydrogens (tertiary/aromatic N) is 1. The van der Waals surface area contributed by atoms with E-state index in [1.165, 1.54) is 37.4 Å². The summed E-state index contributed by atoms with van der Waals surface area (Å²) in [4.78, 5) is 113. The monoisotopic (exact) mass is 873 g/mol. The summed E-state index contributed by atoms with van der Waals surface area (Å²) in [5, 5.41) is 25.3. The van der Waals surface area contributed by atoms with E-state index in [0.717, 1.165) is 54.7 Å². The lowest BCUT2D eigenvalue weighted by Gasteiger charge is -2.67. The van der Waals surface area contributed by atoms with Gasteiger partial charge in [-0.3, -0.25) is 29.0 Å². The maximum absolute atomic E-state index is 14.4. The largest absolute Gasteiger partial charge is 0.465 e. The molecule has 21 heteroatoms. The fraction of sp³-hybridized carbons (Fsp3) is 0.585. The molecule has 1 spiro atoms. The molecule has 12 atom stereocenters. The maximum Gasteiger partial charge on any atom is 0.374 e. The molecule has 2 aliphatic carbocycles. The van der Waals surface area contributed by atoms with Crippen LogP contribution in [0.15, 0.2) is 41.1 Å². The standard InChI is InChI=1S/C41H47NO20/c1-19(43)54-18-40-32(58-22(4)46)28(56-20(2)44)27-30(57-21(3)45)41(40)39(8,52)31(29(33(40)59-23(5)47)60-35(49)26-12-10-16-53-26)61-36(50)37(6,51)14-13-25-24(11-9-15-42-25)34(48)55-17-38(27,7)62-41/h9-12,15-16,27-33,51-52H,13-14,17-18H2,1-8H3/t27-,28-,29+,30-,31+,32-,33+,37+,38+,39-,40-,41+/m1/s1. The molecule has 2 aromatic rings. The van der Waals surface area contributed by atoms with Crippen LogP contribution in [0.2, 0.25) is 0 Å². The quantitative estimate of drug-likeness (QED) is 0.275. The zero-order valence-electron chi connectivity index (χ0n) is 35.0. The van der Waals surface area contributed by atoms with Gasteiger partial charge in [-0.05, 0) is 57.9 Å². The van der Waals surface area contributed by atoms with Gasteiger partial charge in [-0.25, -0.2) is 14.4 Å². The number of aryl methyl sites for hydroxylation is 1. The third-order valence-corrected chi connectivity index (χ3v) is 11.9. The topological polar surface area (TPSA) is 286 Å². The van der Waals surface area contributed by atoms with Crippen molar-refractivity contribution in [2.45, 2.75) is 127 Å². The molecule has 2 N–H and O–H groups in total. The SMILES string of the molecule is CC(=O)OC[C@]12[C@H](OC(C)=O)[C@H](OC(C)=O)[C@@H]3[C@@H](OC(C)=O)[C@@]14O[C@@]3(C)COC(=O)c1cccnc1CC[C@](C)(O)C(=O)O[C@@H]([C@H](OC(=O)c1ccco1)[C@@H]2OC(C)=O)[C@@]4(C)O. The molecule has 2 aromatic heterocycles. The molecule has 0 amide bonds. The summed E-state index contributed by atoms with van der Waals surface area (Å²) >= 11 is 0. The Kier molecular flexibility index (Phi) is 12.1. The lowest BCUT2D eigenvalue weighted by molar-refractivity contribution is -0.386. The first-order chi connectivity index (χ1) is 28.9. The fourth-order valence-electron chi connectivity index (χ4n) is 9.54. The summed E-state index contributed by atoms with van der Waals surface area (Å²) in [5.41, 5.74) is -13.3. The number of hydrogen-bond acceptors (Lipinski definition) is 21. The maximum atomic E-state index is 14.4. The third kappa shape index (κ3) is 7.54. The number of esters is 8. The van der Waals surface area contributed by atoms with Crippen LogP contribution in [0.5, 0.6) is 0 Å². The summed E-state index contributed by atoms with van der Waals surface area (Å²) < 4.78 is 59.8. The highest BCUT2D eigenvalue weighted by Gasteiger charge is 2.92. The van der Waals surface area contributed by atoms with Gasteiger partial charge in [-0.1, -0.05) is 0 Å². The van der Waals surface area contributed by atoms with Gasteiger partial charge in [0.15, 0.2) is 35.6 Å². The minimum Gasteiger partial charge on any atom is -0.465 e. The highest BCUT2D eigenvalue weighted by molar-refractivity contribution is 5.90. The molecule has 62 heavy (non-hydrogen) atoms. The Morgan fingerprint density at radius 2 is 1.40 bits per heavy atom. The number of cyclic esters (lactones) is 1. The number of hydrogen-bond donors (Lipinski definition) is 2. The second-order valence-electron chi connectivity index (χ2n) is 16.3. The lowest BCUT2D eigenvalue weighted by atomic mass is 9.45. The molecule has 4 heterocycles. The van der Waals surface area contributed by atoms with E-state index in [-0.39, 0.29) is 17.7 Å². The smallest absolute Gasteiger partial charge is 0.374 e. The molecule has 2 saturated carbocycles. The summed E-state index contributed by atoms with van der Waals surface area (Å²) in [5.74, 6) is -11.2. The van der Waals surface area contributed by atoms with Gasteiger partial charge in [0, 0.05) is 40.8 Å². The number of ether oxygens (including phenoxy) is 9. The molecule has 6 rings (SSSR count). The Morgan fingerprint density at radius 3 is 1.98 bits per heavy atom. The molecule has 4 aliphatic rings. The van der Waals surface area contributed by atoms with Gasteiger partial charge in [-0.2, -0.15) is 0 Å². The van der Waals surface area contributed by atoms with Gasteiger partial charge in [0.05, 0.1) is 23.4 Å². The van der Waals surface area contributed by atoms with E-state index < -0.39 is 144 Å². The van der Waals surface area contributed by atoms with Crippen LogP contribution in [0.3, 0.4) is 0 Å². The van der Waals surface area contributed by atoms with Gasteiger partial charge in [0.25, 0.3) is 0 Å². The van der Waals surface area contributed by atoms with Crippen LogP contribution in [-0.2, 0) is 77.8 Å². The van der Waals surface area contributed by atoms with Crippen LogP contribution < -0.4 is 0 Å². The molecule has 336 valence electrons. The van der Waals surface area contributed by atoms with E-state index in [1.807, 2.05) is 0 Å². The van der Waals surface area contributed by atoms with Gasteiger partial charge in [0.2, 0.25) is 5.76 Å². The van der Waals surface area contributed by atoms with E-state index >= 15 is 0 Å². The van der Waals surface area contributed by atoms with Crippen molar-refractivity contribution in [2.75, 3.05) is 13.2 Å². The second kappa shape index (κ2) is 16.4. The Bertz CT molecular complexity index is 2150. The van der Waals surface area contributed by atoms with E-state index in [2.05, 4.69) is 4.98 Å². The summed E-state index contributed by atoms with van der Waals surface area (Å²) in [6.45, 7) is 6.22. The average molecular weight is 874 g/mol. The molecule has 2 aliphatic heterocycles. The molecule has 3 fully saturated rings. The first-order valence-corrected chi connectivity index (χ1v) is 19.5. The Balaban J connectivity index is 1.79. The number of carbonyl (C=O) groups is 8. The normalized spacial score (nSPS) is 36.3. The van der Waals surface area contributed by atoms with Crippen molar-refractivity contribution in [3.8, 4) is 0 Å². The second-order valence-corrected chi connectivity index (χ2v) is 16.3. The number of aliphatic hydroxyl groups is 2. The molecular weight excluding hydrogens is 826 g/mol. The molecule has 0 radical (unpaired) electrons. The van der Waals surface area contributed by atoms with Gasteiger partial charge < -0.3 is 57.3 Å². The van der Waals surface area contributed by atoms with Gasteiger partial charge in [-0.15, -0.1) is 0 Å². The molecular formula is C41H47NO20. The number of carbonyl (C=O) groups excluding carboxylic acids is 8. The highest BCUT2D eigenvalue weighted by atomic mass is 16.7. The molecule has 0 unspecified atom stereocenters. The van der Waals surface area contributed by atoms with Crippen molar-refractivity contribution in [1.82, 2.24) is 4.98 Å². The summed E-state index contributed by atoms with van der Waals surface area (Å²) in [7, 11) is 0. The van der Waals surface area contributed by atoms with E-state index in [4.69, 9.17) is 47.0 Å². The van der Waals surface area contributed by atoms with Crippen molar-refractivity contribution in [1.29, 1.82) is 0 Å². The van der Waals surface area contributed by atoms with E-state index in [9.17, 15) is 48.6 Å². The van der Waals surface area contributed by atoms with Crippen molar-refractivity contribution < 1.29 is 95.6 Å². The Morgan fingerprint density at radius 1 is 0.790 bits per heavy atom. The lowest BCUT2D eigenvalue weighted by Crippen LogP contribution is -2.89. The van der Waals surface area contributed by atoms with Crippen LogP contribution in [0.1, 0.15) is 88.4 Å². The van der Waals surface area contributed by atoms with Crippen molar-refractivity contribution in [3.05, 3.63) is 53.7 Å². The minimum atomic E-state index is -3.01. The molecule has 4 bridgehead atoms. The van der Waals surface area contributed by atoms with Crippen LogP contribution in [-0.4, -0.2) is 135 Å². The first-order valence-electron chi connectivity index (χ1n) is 19.5. The van der Waals surface area contributed by atoms with E-state index in [1.54, 1.807) is 0 Å². The number of pyridine rings is 1. The predicted molar refractivity (Wildman–Crippen MR) is 199 cm³/mol. The third-order valence-electron chi connectivity index (χ3n) is 11.9. The number of furan rings is 1. The Hall–Kier alpha value is -5.93. The van der Waals surface area contributed by atoms with Crippen LogP contribution in [0.4, 0.5) is 0 Å². The fourth-order valence-corrected chi connectivity index (χ4v) is 9.54. The van der Waals surface area contributed by atoms with Gasteiger partial charge >= 0.3 is 47.8 Å². The average Bonchev–Trinajstić information content (AvgIpc) is 3.79. The minimum absolute atomic E-state index is 0.0760. The van der Waals surface area contributed by atoms with Crippen molar-refractivity contribution in [3.63, 3.8) is 0 Å². The highest BCUT2D eigenvalue weighted by Crippen LogP contribution is 2.70. The van der Waals surface area contributed by atoms with Crippen LogP contribution in [0, 0.1) is 11.3 Å². The molecule has 0 aromatic carbocycles.